The molecule has 1 aliphatic heterocycles. The molecule has 2 heterocycles. The molecule has 3 rings (SSSR count). The molecule has 6 nitrogen and oxygen atoms in total. The Hall–Kier alpha value is -2.21. The van der Waals surface area contributed by atoms with Gasteiger partial charge in [-0.1, -0.05) is 12.1 Å². The molecule has 0 bridgehead atoms. The molecule has 1 aromatic heterocycles. The number of fused-ring (bicyclic) bond motifs is 1. The smallest absolute Gasteiger partial charge is 0.261 e. The summed E-state index contributed by atoms with van der Waals surface area (Å²) in [6.45, 7) is 2.71. The Kier molecular flexibility index (Phi) is 4.20. The topological polar surface area (TPSA) is 81.2 Å². The fourth-order valence-corrected chi connectivity index (χ4v) is 3.06. The summed E-state index contributed by atoms with van der Waals surface area (Å²) >= 11 is 0. The summed E-state index contributed by atoms with van der Waals surface area (Å²) in [6.07, 6.45) is 3.57. The highest BCUT2D eigenvalue weighted by Crippen LogP contribution is 2.18. The fourth-order valence-electron chi connectivity index (χ4n) is 3.06. The molecule has 0 radical (unpaired) electrons. The Morgan fingerprint density at radius 2 is 2.00 bits per heavy atom. The van der Waals surface area contributed by atoms with Crippen molar-refractivity contribution >= 4 is 16.8 Å². The van der Waals surface area contributed by atoms with Gasteiger partial charge in [-0.25, -0.2) is 4.98 Å². The SMILES string of the molecule is NC(=O)CN1CCC(Cn2cnc3ccccc3c2=O)CC1. The normalized spacial score (nSPS) is 16.9. The second-order valence-corrected chi connectivity index (χ2v) is 5.91. The second kappa shape index (κ2) is 6.27. The zero-order valence-corrected chi connectivity index (χ0v) is 12.4. The van der Waals surface area contributed by atoms with Crippen molar-refractivity contribution in [1.29, 1.82) is 0 Å². The number of nitrogens with zero attached hydrogens (tertiary/aromatic N) is 3. The Morgan fingerprint density at radius 1 is 1.27 bits per heavy atom. The maximum atomic E-state index is 12.5. The Morgan fingerprint density at radius 3 is 2.73 bits per heavy atom. The van der Waals surface area contributed by atoms with Crippen molar-refractivity contribution < 1.29 is 4.79 Å². The van der Waals surface area contributed by atoms with Gasteiger partial charge in [0.25, 0.3) is 5.56 Å². The summed E-state index contributed by atoms with van der Waals surface area (Å²) in [5.74, 6) is 0.151. The van der Waals surface area contributed by atoms with Gasteiger partial charge in [-0.3, -0.25) is 19.1 Å². The van der Waals surface area contributed by atoms with Gasteiger partial charge in [0.15, 0.2) is 0 Å². The second-order valence-electron chi connectivity index (χ2n) is 5.91. The molecule has 0 unspecified atom stereocenters. The van der Waals surface area contributed by atoms with E-state index in [2.05, 4.69) is 9.88 Å². The first-order valence-electron chi connectivity index (χ1n) is 7.58. The van der Waals surface area contributed by atoms with Crippen LogP contribution in [0.1, 0.15) is 12.8 Å². The average Bonchev–Trinajstić information content (AvgIpc) is 2.52. The van der Waals surface area contributed by atoms with Gasteiger partial charge < -0.3 is 5.73 Å². The number of rotatable bonds is 4. The number of piperidine rings is 1. The first-order valence-corrected chi connectivity index (χ1v) is 7.58. The molecule has 0 aliphatic carbocycles. The van der Waals surface area contributed by atoms with E-state index in [0.717, 1.165) is 31.4 Å². The molecule has 6 heteroatoms. The van der Waals surface area contributed by atoms with E-state index in [4.69, 9.17) is 5.73 Å². The Labute approximate surface area is 128 Å². The first kappa shape index (κ1) is 14.7. The highest BCUT2D eigenvalue weighted by atomic mass is 16.1. The number of carbonyl (C=O) groups is 1. The van der Waals surface area contributed by atoms with Crippen LogP contribution in [0, 0.1) is 5.92 Å². The molecule has 0 spiro atoms. The van der Waals surface area contributed by atoms with Crippen LogP contribution in [-0.2, 0) is 11.3 Å². The maximum absolute atomic E-state index is 12.5. The minimum absolute atomic E-state index is 0.0187. The number of nitrogens with two attached hydrogens (primary N) is 1. The molecular weight excluding hydrogens is 280 g/mol. The molecule has 0 saturated carbocycles. The first-order chi connectivity index (χ1) is 10.6. The fraction of sp³-hybridized carbons (Fsp3) is 0.438. The summed E-state index contributed by atoms with van der Waals surface area (Å²) in [5.41, 5.74) is 5.97. The predicted molar refractivity (Wildman–Crippen MR) is 84.4 cm³/mol. The van der Waals surface area contributed by atoms with Gasteiger partial charge in [0.2, 0.25) is 5.91 Å². The van der Waals surface area contributed by atoms with E-state index in [0.29, 0.717) is 24.4 Å². The number of para-hydroxylation sites is 1. The van der Waals surface area contributed by atoms with Crippen LogP contribution in [0.5, 0.6) is 0 Å². The van der Waals surface area contributed by atoms with Gasteiger partial charge in [-0.05, 0) is 44.0 Å². The molecule has 22 heavy (non-hydrogen) atoms. The van der Waals surface area contributed by atoms with Gasteiger partial charge in [-0.2, -0.15) is 0 Å². The monoisotopic (exact) mass is 300 g/mol. The molecule has 116 valence electrons. The van der Waals surface area contributed by atoms with Crippen molar-refractivity contribution in [2.75, 3.05) is 19.6 Å². The number of primary amides is 1. The van der Waals surface area contributed by atoms with E-state index >= 15 is 0 Å². The van der Waals surface area contributed by atoms with E-state index < -0.39 is 0 Å². The van der Waals surface area contributed by atoms with Gasteiger partial charge in [0.05, 0.1) is 23.8 Å². The molecule has 1 fully saturated rings. The lowest BCUT2D eigenvalue weighted by atomic mass is 9.96. The van der Waals surface area contributed by atoms with E-state index in [1.54, 1.807) is 10.9 Å². The van der Waals surface area contributed by atoms with Crippen molar-refractivity contribution in [3.63, 3.8) is 0 Å². The van der Waals surface area contributed by atoms with Gasteiger partial charge in [-0.15, -0.1) is 0 Å². The summed E-state index contributed by atoms with van der Waals surface area (Å²) in [7, 11) is 0. The molecule has 1 aromatic carbocycles. The predicted octanol–water partition coefficient (Wildman–Crippen LogP) is 0.594. The van der Waals surface area contributed by atoms with Crippen molar-refractivity contribution in [2.45, 2.75) is 19.4 Å². The number of amides is 1. The van der Waals surface area contributed by atoms with Crippen molar-refractivity contribution in [3.8, 4) is 0 Å². The maximum Gasteiger partial charge on any atom is 0.261 e. The number of aromatic nitrogens is 2. The van der Waals surface area contributed by atoms with Crippen LogP contribution in [-0.4, -0.2) is 40.0 Å². The zero-order valence-electron chi connectivity index (χ0n) is 12.4. The molecule has 2 N–H and O–H groups in total. The van der Waals surface area contributed by atoms with Crippen molar-refractivity contribution in [3.05, 3.63) is 40.9 Å². The summed E-state index contributed by atoms with van der Waals surface area (Å²) < 4.78 is 1.71. The molecule has 1 aliphatic rings. The van der Waals surface area contributed by atoms with Gasteiger partial charge in [0, 0.05) is 6.54 Å². The Bertz CT molecular complexity index is 732. The van der Waals surface area contributed by atoms with E-state index in [-0.39, 0.29) is 11.5 Å². The van der Waals surface area contributed by atoms with Crippen molar-refractivity contribution in [1.82, 2.24) is 14.5 Å². The van der Waals surface area contributed by atoms with Crippen LogP contribution in [0.4, 0.5) is 0 Å². The highest BCUT2D eigenvalue weighted by Gasteiger charge is 2.21. The van der Waals surface area contributed by atoms with Crippen LogP contribution < -0.4 is 11.3 Å². The van der Waals surface area contributed by atoms with Crippen molar-refractivity contribution in [2.24, 2.45) is 11.7 Å². The third kappa shape index (κ3) is 3.17. The number of hydrogen-bond acceptors (Lipinski definition) is 4. The van der Waals surface area contributed by atoms with Crippen LogP contribution in [0.15, 0.2) is 35.4 Å². The number of hydrogen-bond donors (Lipinski definition) is 1. The lowest BCUT2D eigenvalue weighted by Crippen LogP contribution is -2.40. The van der Waals surface area contributed by atoms with Crippen LogP contribution in [0.25, 0.3) is 10.9 Å². The highest BCUT2D eigenvalue weighted by molar-refractivity contribution is 5.77. The Balaban J connectivity index is 1.68. The van der Waals surface area contributed by atoms with E-state index in [1.807, 2.05) is 24.3 Å². The average molecular weight is 300 g/mol. The lowest BCUT2D eigenvalue weighted by Gasteiger charge is -2.31. The third-order valence-electron chi connectivity index (χ3n) is 4.27. The summed E-state index contributed by atoms with van der Waals surface area (Å²) in [6, 6.07) is 7.41. The van der Waals surface area contributed by atoms with Crippen LogP contribution in [0.2, 0.25) is 0 Å². The number of carbonyl (C=O) groups excluding carboxylic acids is 1. The van der Waals surface area contributed by atoms with E-state index in [1.165, 1.54) is 0 Å². The quantitative estimate of drug-likeness (QED) is 0.896. The van der Waals surface area contributed by atoms with Gasteiger partial charge in [0.1, 0.15) is 0 Å². The minimum atomic E-state index is -0.284. The number of likely N-dealkylation sites (tertiary alicyclic amines) is 1. The van der Waals surface area contributed by atoms with Gasteiger partial charge >= 0.3 is 0 Å². The largest absolute Gasteiger partial charge is 0.369 e. The van der Waals surface area contributed by atoms with Crippen LogP contribution >= 0.6 is 0 Å². The summed E-state index contributed by atoms with van der Waals surface area (Å²) in [5, 5.41) is 0.663. The van der Waals surface area contributed by atoms with E-state index in [9.17, 15) is 9.59 Å². The minimum Gasteiger partial charge on any atom is -0.369 e. The molecule has 1 amide bonds. The molecule has 0 atom stereocenters. The standard InChI is InChI=1S/C16H20N4O2/c17-15(21)10-19-7-5-12(6-8-19)9-20-11-18-14-4-2-1-3-13(14)16(20)22/h1-4,11-12H,5-10H2,(H2,17,21). The zero-order chi connectivity index (χ0) is 15.5. The molecular formula is C16H20N4O2. The van der Waals surface area contributed by atoms with Crippen LogP contribution in [0.3, 0.4) is 0 Å². The molecule has 1 saturated heterocycles. The summed E-state index contributed by atoms with van der Waals surface area (Å²) in [4.78, 5) is 29.8. The molecule has 2 aromatic rings. The number of benzene rings is 1. The lowest BCUT2D eigenvalue weighted by molar-refractivity contribution is -0.119. The third-order valence-corrected chi connectivity index (χ3v) is 4.27.